The predicted octanol–water partition coefficient (Wildman–Crippen LogP) is 4.12. The summed E-state index contributed by atoms with van der Waals surface area (Å²) in [6, 6.07) is 4.41. The van der Waals surface area contributed by atoms with Crippen LogP contribution in [0.1, 0.15) is 29.9 Å². The Morgan fingerprint density at radius 1 is 1.40 bits per heavy atom. The molecule has 0 saturated carbocycles. The van der Waals surface area contributed by atoms with Crippen LogP contribution in [0.5, 0.6) is 0 Å². The molecule has 2 aromatic rings. The number of halogens is 3. The summed E-state index contributed by atoms with van der Waals surface area (Å²) in [5.74, 6) is -0.281. The van der Waals surface area contributed by atoms with Crippen molar-refractivity contribution >= 4 is 31.9 Å². The van der Waals surface area contributed by atoms with Crippen LogP contribution in [0.4, 0.5) is 4.39 Å². The Kier molecular flexibility index (Phi) is 4.99. The van der Waals surface area contributed by atoms with Gasteiger partial charge in [-0.3, -0.25) is 4.68 Å². The molecule has 2 rings (SSSR count). The quantitative estimate of drug-likeness (QED) is 0.832. The van der Waals surface area contributed by atoms with Gasteiger partial charge in [-0.2, -0.15) is 5.10 Å². The number of hydrogen-bond donors (Lipinski definition) is 1. The maximum atomic E-state index is 13.9. The van der Waals surface area contributed by atoms with Gasteiger partial charge in [0, 0.05) is 29.0 Å². The van der Waals surface area contributed by atoms with Crippen molar-refractivity contribution in [2.24, 2.45) is 5.73 Å². The third-order valence-electron chi connectivity index (χ3n) is 3.22. The van der Waals surface area contributed by atoms with Crippen LogP contribution in [-0.4, -0.2) is 9.78 Å². The molecule has 0 aliphatic carbocycles. The van der Waals surface area contributed by atoms with Gasteiger partial charge in [-0.05, 0) is 48.0 Å². The lowest BCUT2D eigenvalue weighted by molar-refractivity contribution is 0.554. The molecule has 1 heterocycles. The monoisotopic (exact) mass is 403 g/mol. The molecule has 1 atom stereocenters. The Morgan fingerprint density at radius 2 is 2.10 bits per heavy atom. The molecule has 108 valence electrons. The highest BCUT2D eigenvalue weighted by Crippen LogP contribution is 2.27. The van der Waals surface area contributed by atoms with E-state index in [4.69, 9.17) is 5.73 Å². The second kappa shape index (κ2) is 6.37. The molecule has 0 saturated heterocycles. The SMILES string of the molecule is CCn1nc(C)c(Br)c1CC(N)c1cc(Br)ccc1F. The van der Waals surface area contributed by atoms with Crippen LogP contribution in [0.15, 0.2) is 27.1 Å². The van der Waals surface area contributed by atoms with E-state index in [0.29, 0.717) is 12.0 Å². The number of hydrogen-bond acceptors (Lipinski definition) is 2. The average molecular weight is 405 g/mol. The standard InChI is InChI=1S/C14H16Br2FN3/c1-3-20-13(14(16)8(2)19-20)7-12(18)10-6-9(15)4-5-11(10)17/h4-6,12H,3,7,18H2,1-2H3. The first kappa shape index (κ1) is 15.7. The lowest BCUT2D eigenvalue weighted by Gasteiger charge is -2.15. The van der Waals surface area contributed by atoms with Gasteiger partial charge in [-0.1, -0.05) is 15.9 Å². The number of nitrogens with two attached hydrogens (primary N) is 1. The maximum absolute atomic E-state index is 13.9. The first-order chi connectivity index (χ1) is 9.43. The van der Waals surface area contributed by atoms with Crippen molar-refractivity contribution in [1.82, 2.24) is 9.78 Å². The molecular formula is C14H16Br2FN3. The van der Waals surface area contributed by atoms with E-state index >= 15 is 0 Å². The molecule has 6 heteroatoms. The highest BCUT2D eigenvalue weighted by atomic mass is 79.9. The Balaban J connectivity index is 2.32. The van der Waals surface area contributed by atoms with Crippen LogP contribution in [-0.2, 0) is 13.0 Å². The van der Waals surface area contributed by atoms with E-state index in [1.54, 1.807) is 12.1 Å². The van der Waals surface area contributed by atoms with Crippen molar-refractivity contribution in [3.63, 3.8) is 0 Å². The van der Waals surface area contributed by atoms with E-state index in [1.807, 2.05) is 18.5 Å². The smallest absolute Gasteiger partial charge is 0.128 e. The normalized spacial score (nSPS) is 12.7. The Hall–Kier alpha value is -0.720. The summed E-state index contributed by atoms with van der Waals surface area (Å²) in [5.41, 5.74) is 8.60. The van der Waals surface area contributed by atoms with Gasteiger partial charge < -0.3 is 5.73 Å². The van der Waals surface area contributed by atoms with Crippen molar-refractivity contribution in [2.75, 3.05) is 0 Å². The van der Waals surface area contributed by atoms with Gasteiger partial charge in [0.25, 0.3) is 0 Å². The summed E-state index contributed by atoms with van der Waals surface area (Å²) < 4.78 is 17.5. The second-order valence-electron chi connectivity index (χ2n) is 4.64. The van der Waals surface area contributed by atoms with Crippen LogP contribution < -0.4 is 5.73 Å². The number of aromatic nitrogens is 2. The van der Waals surface area contributed by atoms with Crippen molar-refractivity contribution < 1.29 is 4.39 Å². The molecule has 1 unspecified atom stereocenters. The van der Waals surface area contributed by atoms with Crippen molar-refractivity contribution in [2.45, 2.75) is 32.9 Å². The molecule has 3 nitrogen and oxygen atoms in total. The molecule has 0 bridgehead atoms. The van der Waals surface area contributed by atoms with E-state index in [9.17, 15) is 4.39 Å². The third kappa shape index (κ3) is 3.13. The number of nitrogens with zero attached hydrogens (tertiary/aromatic N) is 2. The van der Waals surface area contributed by atoms with Gasteiger partial charge in [0.05, 0.1) is 15.9 Å². The van der Waals surface area contributed by atoms with Crippen LogP contribution in [0.3, 0.4) is 0 Å². The summed E-state index contributed by atoms with van der Waals surface area (Å²) >= 11 is 6.88. The Bertz CT molecular complexity index is 625. The minimum atomic E-state index is -0.412. The molecule has 1 aromatic carbocycles. The van der Waals surface area contributed by atoms with Crippen molar-refractivity contribution in [1.29, 1.82) is 0 Å². The molecule has 0 radical (unpaired) electrons. The summed E-state index contributed by atoms with van der Waals surface area (Å²) in [5, 5.41) is 4.43. The molecule has 0 spiro atoms. The van der Waals surface area contributed by atoms with Gasteiger partial charge >= 0.3 is 0 Å². The Labute approximate surface area is 134 Å². The number of rotatable bonds is 4. The summed E-state index contributed by atoms with van der Waals surface area (Å²) in [4.78, 5) is 0. The Morgan fingerprint density at radius 3 is 2.75 bits per heavy atom. The van der Waals surface area contributed by atoms with Gasteiger partial charge in [0.1, 0.15) is 5.82 Å². The molecule has 0 aliphatic rings. The molecule has 0 amide bonds. The topological polar surface area (TPSA) is 43.8 Å². The second-order valence-corrected chi connectivity index (χ2v) is 6.35. The summed E-state index contributed by atoms with van der Waals surface area (Å²) in [7, 11) is 0. The zero-order valence-electron chi connectivity index (χ0n) is 11.3. The largest absolute Gasteiger partial charge is 0.324 e. The number of benzene rings is 1. The highest BCUT2D eigenvalue weighted by Gasteiger charge is 2.18. The fraction of sp³-hybridized carbons (Fsp3) is 0.357. The van der Waals surface area contributed by atoms with Crippen LogP contribution in [0.2, 0.25) is 0 Å². The van der Waals surface area contributed by atoms with Gasteiger partial charge in [0.2, 0.25) is 0 Å². The van der Waals surface area contributed by atoms with Crippen LogP contribution >= 0.6 is 31.9 Å². The lowest BCUT2D eigenvalue weighted by Crippen LogP contribution is -2.17. The van der Waals surface area contributed by atoms with Gasteiger partial charge in [-0.25, -0.2) is 4.39 Å². The zero-order chi connectivity index (χ0) is 14.9. The zero-order valence-corrected chi connectivity index (χ0v) is 14.5. The minimum Gasteiger partial charge on any atom is -0.324 e. The van der Waals surface area contributed by atoms with E-state index in [2.05, 4.69) is 37.0 Å². The maximum Gasteiger partial charge on any atom is 0.128 e. The third-order valence-corrected chi connectivity index (χ3v) is 4.75. The van der Waals surface area contributed by atoms with Gasteiger partial charge in [0.15, 0.2) is 0 Å². The first-order valence-corrected chi connectivity index (χ1v) is 7.95. The van der Waals surface area contributed by atoms with Crippen LogP contribution in [0.25, 0.3) is 0 Å². The lowest BCUT2D eigenvalue weighted by atomic mass is 10.0. The van der Waals surface area contributed by atoms with Crippen LogP contribution in [0, 0.1) is 12.7 Å². The molecule has 0 fully saturated rings. The molecule has 2 N–H and O–H groups in total. The van der Waals surface area contributed by atoms with Gasteiger partial charge in [-0.15, -0.1) is 0 Å². The van der Waals surface area contributed by atoms with Crippen molar-refractivity contribution in [3.8, 4) is 0 Å². The fourth-order valence-electron chi connectivity index (χ4n) is 2.18. The summed E-state index contributed by atoms with van der Waals surface area (Å²) in [6.45, 7) is 4.72. The average Bonchev–Trinajstić information content (AvgIpc) is 2.69. The number of aryl methyl sites for hydroxylation is 2. The van der Waals surface area contributed by atoms with E-state index < -0.39 is 6.04 Å². The minimum absolute atomic E-state index is 0.281. The van der Waals surface area contributed by atoms with E-state index in [-0.39, 0.29) is 5.82 Å². The highest BCUT2D eigenvalue weighted by molar-refractivity contribution is 9.10. The molecule has 20 heavy (non-hydrogen) atoms. The molecule has 0 aliphatic heterocycles. The summed E-state index contributed by atoms with van der Waals surface area (Å²) in [6.07, 6.45) is 0.530. The first-order valence-electron chi connectivity index (χ1n) is 6.36. The molecule has 1 aromatic heterocycles. The van der Waals surface area contributed by atoms with E-state index in [1.165, 1.54) is 6.07 Å². The van der Waals surface area contributed by atoms with E-state index in [0.717, 1.165) is 26.9 Å². The predicted molar refractivity (Wildman–Crippen MR) is 85.1 cm³/mol. The van der Waals surface area contributed by atoms with Crippen molar-refractivity contribution in [3.05, 3.63) is 49.9 Å². The molecular weight excluding hydrogens is 389 g/mol. The fourth-order valence-corrected chi connectivity index (χ4v) is 3.01.